The van der Waals surface area contributed by atoms with Crippen molar-refractivity contribution in [3.63, 3.8) is 0 Å². The molecule has 3 rings (SSSR count). The molecule has 1 aliphatic rings. The first kappa shape index (κ1) is 21.0. The van der Waals surface area contributed by atoms with E-state index < -0.39 is 0 Å². The van der Waals surface area contributed by atoms with Crippen LogP contribution in [0.5, 0.6) is 5.75 Å². The number of benzene rings is 1. The normalized spacial score (nSPS) is 16.3. The van der Waals surface area contributed by atoms with E-state index in [0.29, 0.717) is 24.0 Å². The van der Waals surface area contributed by atoms with Gasteiger partial charge in [0, 0.05) is 39.7 Å². The molecule has 1 saturated heterocycles. The molecule has 1 amide bonds. The minimum Gasteiger partial charge on any atom is -0.484 e. The number of carbonyl (C=O) groups is 1. The SMILES string of the molecule is CN(Cc1nc([C@@H]2CCCNC2)cc(N(C)C)n1)C(=O)COc1ccc(F)cc1. The lowest BCUT2D eigenvalue weighted by Gasteiger charge is -2.24. The average Bonchev–Trinajstić information content (AvgIpc) is 2.73. The van der Waals surface area contributed by atoms with E-state index in [1.807, 2.05) is 25.1 Å². The number of nitrogens with one attached hydrogen (secondary N) is 1. The van der Waals surface area contributed by atoms with Crippen molar-refractivity contribution in [1.82, 2.24) is 20.2 Å². The van der Waals surface area contributed by atoms with Crippen LogP contribution in [0.1, 0.15) is 30.3 Å². The van der Waals surface area contributed by atoms with Gasteiger partial charge in [0.15, 0.2) is 6.61 Å². The second kappa shape index (κ2) is 9.65. The lowest BCUT2D eigenvalue weighted by Crippen LogP contribution is -2.32. The number of hydrogen-bond acceptors (Lipinski definition) is 6. The minimum absolute atomic E-state index is 0.130. The Morgan fingerprint density at radius 1 is 1.24 bits per heavy atom. The predicted octanol–water partition coefficient (Wildman–Crippen LogP) is 2.19. The van der Waals surface area contributed by atoms with Crippen LogP contribution < -0.4 is 15.0 Å². The second-order valence-electron chi connectivity index (χ2n) is 7.50. The fourth-order valence-electron chi connectivity index (χ4n) is 3.20. The van der Waals surface area contributed by atoms with Gasteiger partial charge in [0.25, 0.3) is 5.91 Å². The maximum absolute atomic E-state index is 13.0. The van der Waals surface area contributed by atoms with Crippen LogP contribution in [-0.4, -0.2) is 61.6 Å². The van der Waals surface area contributed by atoms with E-state index >= 15 is 0 Å². The molecule has 0 bridgehead atoms. The molecule has 0 unspecified atom stereocenters. The molecule has 29 heavy (non-hydrogen) atoms. The van der Waals surface area contributed by atoms with Gasteiger partial charge < -0.3 is 19.9 Å². The third-order valence-corrected chi connectivity index (χ3v) is 4.93. The first-order valence-electron chi connectivity index (χ1n) is 9.80. The summed E-state index contributed by atoms with van der Waals surface area (Å²) in [6.07, 6.45) is 2.22. The number of halogens is 1. The van der Waals surface area contributed by atoms with Crippen LogP contribution in [0.3, 0.4) is 0 Å². The summed E-state index contributed by atoms with van der Waals surface area (Å²) < 4.78 is 18.4. The Bertz CT molecular complexity index is 822. The molecule has 0 spiro atoms. The van der Waals surface area contributed by atoms with E-state index in [-0.39, 0.29) is 18.3 Å². The number of likely N-dealkylation sites (N-methyl/N-ethyl adjacent to an activating group) is 1. The van der Waals surface area contributed by atoms with Crippen molar-refractivity contribution >= 4 is 11.7 Å². The minimum atomic E-state index is -0.345. The van der Waals surface area contributed by atoms with E-state index in [1.165, 1.54) is 24.3 Å². The summed E-state index contributed by atoms with van der Waals surface area (Å²) in [6, 6.07) is 7.62. The highest BCUT2D eigenvalue weighted by atomic mass is 19.1. The smallest absolute Gasteiger partial charge is 0.260 e. The highest BCUT2D eigenvalue weighted by Crippen LogP contribution is 2.24. The van der Waals surface area contributed by atoms with Crippen molar-refractivity contribution in [2.75, 3.05) is 45.7 Å². The molecule has 8 heteroatoms. The molecule has 1 aromatic carbocycles. The summed E-state index contributed by atoms with van der Waals surface area (Å²) in [4.78, 5) is 25.3. The van der Waals surface area contributed by atoms with E-state index in [4.69, 9.17) is 9.72 Å². The number of rotatable bonds is 7. The zero-order chi connectivity index (χ0) is 20.8. The van der Waals surface area contributed by atoms with Gasteiger partial charge in [0.05, 0.1) is 12.2 Å². The zero-order valence-electron chi connectivity index (χ0n) is 17.2. The van der Waals surface area contributed by atoms with Crippen molar-refractivity contribution < 1.29 is 13.9 Å². The number of ether oxygens (including phenoxy) is 1. The predicted molar refractivity (Wildman–Crippen MR) is 110 cm³/mol. The van der Waals surface area contributed by atoms with Crippen molar-refractivity contribution in [1.29, 1.82) is 0 Å². The number of amides is 1. The van der Waals surface area contributed by atoms with Crippen molar-refractivity contribution in [3.8, 4) is 5.75 Å². The molecular weight excluding hydrogens is 373 g/mol. The molecule has 0 radical (unpaired) electrons. The number of piperidine rings is 1. The Balaban J connectivity index is 1.66. The zero-order valence-corrected chi connectivity index (χ0v) is 17.2. The van der Waals surface area contributed by atoms with Gasteiger partial charge in [-0.1, -0.05) is 0 Å². The van der Waals surface area contributed by atoms with E-state index in [0.717, 1.165) is 37.4 Å². The number of aromatic nitrogens is 2. The van der Waals surface area contributed by atoms with Crippen LogP contribution >= 0.6 is 0 Å². The van der Waals surface area contributed by atoms with Gasteiger partial charge >= 0.3 is 0 Å². The molecule has 2 heterocycles. The molecule has 0 saturated carbocycles. The summed E-state index contributed by atoms with van der Waals surface area (Å²) in [7, 11) is 5.59. The summed E-state index contributed by atoms with van der Waals surface area (Å²) in [6.45, 7) is 2.11. The summed E-state index contributed by atoms with van der Waals surface area (Å²) in [5.41, 5.74) is 1.01. The van der Waals surface area contributed by atoms with Crippen LogP contribution in [0.4, 0.5) is 10.2 Å². The first-order valence-corrected chi connectivity index (χ1v) is 9.80. The van der Waals surface area contributed by atoms with Gasteiger partial charge in [-0.2, -0.15) is 0 Å². The van der Waals surface area contributed by atoms with Crippen molar-refractivity contribution in [2.24, 2.45) is 0 Å². The fourth-order valence-corrected chi connectivity index (χ4v) is 3.20. The van der Waals surface area contributed by atoms with Gasteiger partial charge in [-0.15, -0.1) is 0 Å². The Kier molecular flexibility index (Phi) is 6.98. The third kappa shape index (κ3) is 5.87. The van der Waals surface area contributed by atoms with Gasteiger partial charge in [-0.05, 0) is 43.7 Å². The van der Waals surface area contributed by atoms with Crippen LogP contribution in [0.25, 0.3) is 0 Å². The number of hydrogen-bond donors (Lipinski definition) is 1. The van der Waals surface area contributed by atoms with E-state index in [1.54, 1.807) is 11.9 Å². The quantitative estimate of drug-likeness (QED) is 0.767. The van der Waals surface area contributed by atoms with Gasteiger partial charge in [0.1, 0.15) is 23.2 Å². The number of anilines is 1. The summed E-state index contributed by atoms with van der Waals surface area (Å²) >= 11 is 0. The average molecular weight is 401 g/mol. The van der Waals surface area contributed by atoms with Crippen LogP contribution in [0, 0.1) is 5.82 Å². The molecular formula is C21H28FN5O2. The molecule has 1 aliphatic heterocycles. The fraction of sp³-hybridized carbons (Fsp3) is 0.476. The highest BCUT2D eigenvalue weighted by Gasteiger charge is 2.20. The summed E-state index contributed by atoms with van der Waals surface area (Å²) in [5, 5.41) is 3.42. The molecule has 156 valence electrons. The van der Waals surface area contributed by atoms with Crippen LogP contribution in [-0.2, 0) is 11.3 Å². The Morgan fingerprint density at radius 2 is 2.00 bits per heavy atom. The lowest BCUT2D eigenvalue weighted by molar-refractivity contribution is -0.132. The van der Waals surface area contributed by atoms with E-state index in [2.05, 4.69) is 10.3 Å². The third-order valence-electron chi connectivity index (χ3n) is 4.93. The largest absolute Gasteiger partial charge is 0.484 e. The Hall–Kier alpha value is -2.74. The maximum Gasteiger partial charge on any atom is 0.260 e. The molecule has 1 atom stereocenters. The van der Waals surface area contributed by atoms with Crippen LogP contribution in [0.2, 0.25) is 0 Å². The maximum atomic E-state index is 13.0. The Labute approximate surface area is 170 Å². The topological polar surface area (TPSA) is 70.6 Å². The Morgan fingerprint density at radius 3 is 2.66 bits per heavy atom. The van der Waals surface area contributed by atoms with Crippen LogP contribution in [0.15, 0.2) is 30.3 Å². The van der Waals surface area contributed by atoms with Crippen molar-refractivity contribution in [3.05, 3.63) is 47.7 Å². The van der Waals surface area contributed by atoms with Gasteiger partial charge in [-0.3, -0.25) is 4.79 Å². The summed E-state index contributed by atoms with van der Waals surface area (Å²) in [5.74, 6) is 1.70. The highest BCUT2D eigenvalue weighted by molar-refractivity contribution is 5.77. The van der Waals surface area contributed by atoms with Gasteiger partial charge in [-0.25, -0.2) is 14.4 Å². The van der Waals surface area contributed by atoms with Gasteiger partial charge in [0.2, 0.25) is 0 Å². The molecule has 0 aliphatic carbocycles. The number of carbonyl (C=O) groups excluding carboxylic acids is 1. The number of nitrogens with zero attached hydrogens (tertiary/aromatic N) is 4. The monoisotopic (exact) mass is 401 g/mol. The standard InChI is InChI=1S/C21H28FN5O2/c1-26(2)20-11-18(15-5-4-10-23-12-15)24-19(25-20)13-27(3)21(28)14-29-17-8-6-16(22)7-9-17/h6-9,11,15,23H,4-5,10,12-14H2,1-3H3/t15-/m1/s1. The molecule has 1 fully saturated rings. The second-order valence-corrected chi connectivity index (χ2v) is 7.50. The molecule has 2 aromatic rings. The van der Waals surface area contributed by atoms with Crippen molar-refractivity contribution in [2.45, 2.75) is 25.3 Å². The first-order chi connectivity index (χ1) is 13.9. The molecule has 7 nitrogen and oxygen atoms in total. The molecule has 1 N–H and O–H groups in total. The lowest BCUT2D eigenvalue weighted by atomic mass is 9.96. The molecule has 1 aromatic heterocycles. The van der Waals surface area contributed by atoms with E-state index in [9.17, 15) is 9.18 Å².